The number of hydrogen-bond donors (Lipinski definition) is 1. The van der Waals surface area contributed by atoms with Crippen LogP contribution in [-0.4, -0.2) is 16.9 Å². The molecule has 1 N–H and O–H groups in total. The van der Waals surface area contributed by atoms with Crippen LogP contribution in [0.4, 0.5) is 0 Å². The van der Waals surface area contributed by atoms with Crippen LogP contribution >= 0.6 is 0 Å². The smallest absolute Gasteiger partial charge is 0.220 e. The Bertz CT molecular complexity index is 855. The van der Waals surface area contributed by atoms with Crippen molar-refractivity contribution in [2.45, 2.75) is 63.8 Å². The van der Waals surface area contributed by atoms with E-state index in [1.165, 1.54) is 34.4 Å². The molecule has 2 atom stereocenters. The molecule has 1 aromatic heterocycles. The molecule has 140 valence electrons. The normalized spacial score (nSPS) is 21.1. The summed E-state index contributed by atoms with van der Waals surface area (Å²) in [5, 5.41) is 3.29. The van der Waals surface area contributed by atoms with Crippen LogP contribution in [0.5, 0.6) is 0 Å². The molecule has 1 aromatic carbocycles. The van der Waals surface area contributed by atoms with Crippen LogP contribution in [-0.2, 0) is 17.6 Å². The molecular formula is C24H28N2O. The molecule has 0 spiro atoms. The lowest BCUT2D eigenvalue weighted by Crippen LogP contribution is -2.38. The van der Waals surface area contributed by atoms with E-state index >= 15 is 0 Å². The molecule has 1 fully saturated rings. The second-order valence-electron chi connectivity index (χ2n) is 7.93. The van der Waals surface area contributed by atoms with Gasteiger partial charge in [0.15, 0.2) is 0 Å². The summed E-state index contributed by atoms with van der Waals surface area (Å²) in [7, 11) is 0. The summed E-state index contributed by atoms with van der Waals surface area (Å²) in [6.07, 6.45) is 13.2. The molecule has 1 unspecified atom stereocenters. The highest BCUT2D eigenvalue weighted by atomic mass is 16.1. The maximum atomic E-state index is 12.5. The van der Waals surface area contributed by atoms with Gasteiger partial charge in [0.1, 0.15) is 0 Å². The van der Waals surface area contributed by atoms with Gasteiger partial charge in [-0.15, -0.1) is 0 Å². The van der Waals surface area contributed by atoms with E-state index in [1.54, 1.807) is 0 Å². The third kappa shape index (κ3) is 4.13. The van der Waals surface area contributed by atoms with E-state index in [0.717, 1.165) is 32.1 Å². The minimum Gasteiger partial charge on any atom is -0.353 e. The van der Waals surface area contributed by atoms with Gasteiger partial charge in [0.05, 0.1) is 5.69 Å². The summed E-state index contributed by atoms with van der Waals surface area (Å²) in [5.74, 6) is 0.633. The Labute approximate surface area is 161 Å². The van der Waals surface area contributed by atoms with Crippen molar-refractivity contribution in [3.8, 4) is 0 Å². The summed E-state index contributed by atoms with van der Waals surface area (Å²) >= 11 is 0. The van der Waals surface area contributed by atoms with Gasteiger partial charge in [-0.3, -0.25) is 9.78 Å². The monoisotopic (exact) mass is 360 g/mol. The average Bonchev–Trinajstić information content (AvgIpc) is 3.16. The van der Waals surface area contributed by atoms with Crippen molar-refractivity contribution in [3.05, 3.63) is 70.6 Å². The van der Waals surface area contributed by atoms with Crippen LogP contribution in [0.1, 0.15) is 66.0 Å². The summed E-state index contributed by atoms with van der Waals surface area (Å²) in [6, 6.07) is 10.7. The molecule has 3 nitrogen and oxygen atoms in total. The maximum Gasteiger partial charge on any atom is 0.220 e. The van der Waals surface area contributed by atoms with Gasteiger partial charge in [0, 0.05) is 24.6 Å². The van der Waals surface area contributed by atoms with Crippen molar-refractivity contribution in [2.75, 3.05) is 0 Å². The summed E-state index contributed by atoms with van der Waals surface area (Å²) in [5.41, 5.74) is 6.49. The van der Waals surface area contributed by atoms with Gasteiger partial charge in [0.2, 0.25) is 5.91 Å². The zero-order chi connectivity index (χ0) is 18.6. The Morgan fingerprint density at radius 2 is 2.11 bits per heavy atom. The van der Waals surface area contributed by atoms with Gasteiger partial charge in [-0.1, -0.05) is 42.8 Å². The number of fused-ring (bicyclic) bond motifs is 1. The number of benzene rings is 1. The van der Waals surface area contributed by atoms with Crippen molar-refractivity contribution in [3.63, 3.8) is 0 Å². The minimum atomic E-state index is 0.176. The second-order valence-corrected chi connectivity index (χ2v) is 7.93. The third-order valence-corrected chi connectivity index (χ3v) is 6.04. The topological polar surface area (TPSA) is 42.0 Å². The van der Waals surface area contributed by atoms with Gasteiger partial charge in [0.25, 0.3) is 0 Å². The van der Waals surface area contributed by atoms with Crippen LogP contribution in [0.25, 0.3) is 6.08 Å². The Kier molecular flexibility index (Phi) is 5.38. The number of carbonyl (C=O) groups excluding carboxylic acids is 1. The van der Waals surface area contributed by atoms with Crippen molar-refractivity contribution in [1.29, 1.82) is 0 Å². The molecular weight excluding hydrogens is 332 g/mol. The van der Waals surface area contributed by atoms with Crippen molar-refractivity contribution in [1.82, 2.24) is 10.3 Å². The first-order valence-corrected chi connectivity index (χ1v) is 10.2. The number of aromatic nitrogens is 1. The Morgan fingerprint density at radius 1 is 1.22 bits per heavy atom. The number of carbonyl (C=O) groups is 1. The Morgan fingerprint density at radius 3 is 3.00 bits per heavy atom. The molecule has 1 heterocycles. The summed E-state index contributed by atoms with van der Waals surface area (Å²) < 4.78 is 0. The molecule has 2 aliphatic rings. The molecule has 4 rings (SSSR count). The molecule has 0 aliphatic heterocycles. The number of amides is 1. The molecule has 3 heteroatoms. The lowest BCUT2D eigenvalue weighted by molar-refractivity contribution is -0.122. The first-order chi connectivity index (χ1) is 13.2. The van der Waals surface area contributed by atoms with Gasteiger partial charge < -0.3 is 5.32 Å². The Balaban J connectivity index is 1.35. The van der Waals surface area contributed by atoms with Crippen molar-refractivity contribution >= 4 is 12.0 Å². The summed E-state index contributed by atoms with van der Waals surface area (Å²) in [6.45, 7) is 2.11. The molecule has 2 aliphatic carbocycles. The van der Waals surface area contributed by atoms with Crippen molar-refractivity contribution in [2.24, 2.45) is 0 Å². The number of allylic oxidation sites excluding steroid dienone is 1. The van der Waals surface area contributed by atoms with Crippen LogP contribution < -0.4 is 5.32 Å². The fourth-order valence-electron chi connectivity index (χ4n) is 4.54. The first kappa shape index (κ1) is 18.0. The van der Waals surface area contributed by atoms with Gasteiger partial charge in [-0.25, -0.2) is 0 Å². The highest BCUT2D eigenvalue weighted by molar-refractivity contribution is 5.76. The highest BCUT2D eigenvalue weighted by Gasteiger charge is 2.27. The second kappa shape index (κ2) is 8.08. The number of nitrogens with one attached hydrogen (secondary N) is 1. The van der Waals surface area contributed by atoms with Gasteiger partial charge in [-0.05, 0) is 67.3 Å². The molecule has 0 saturated heterocycles. The van der Waals surface area contributed by atoms with Gasteiger partial charge in [-0.2, -0.15) is 0 Å². The summed E-state index contributed by atoms with van der Waals surface area (Å²) in [4.78, 5) is 17.2. The first-order valence-electron chi connectivity index (χ1n) is 10.2. The van der Waals surface area contributed by atoms with Gasteiger partial charge >= 0.3 is 0 Å². The van der Waals surface area contributed by atoms with Crippen LogP contribution in [0.2, 0.25) is 0 Å². The number of nitrogens with zero attached hydrogens (tertiary/aromatic N) is 1. The number of aryl methyl sites for hydroxylation is 2. The quantitative estimate of drug-likeness (QED) is 0.837. The van der Waals surface area contributed by atoms with E-state index in [2.05, 4.69) is 42.6 Å². The Hall–Kier alpha value is -2.42. The van der Waals surface area contributed by atoms with E-state index in [1.807, 2.05) is 18.3 Å². The molecule has 0 radical (unpaired) electrons. The lowest BCUT2D eigenvalue weighted by Gasteiger charge is -2.30. The highest BCUT2D eigenvalue weighted by Crippen LogP contribution is 2.36. The van der Waals surface area contributed by atoms with Crippen molar-refractivity contribution < 1.29 is 4.79 Å². The largest absolute Gasteiger partial charge is 0.353 e. The molecule has 0 bridgehead atoms. The van der Waals surface area contributed by atoms with E-state index in [9.17, 15) is 4.79 Å². The number of hydrogen-bond acceptors (Lipinski definition) is 2. The predicted molar refractivity (Wildman–Crippen MR) is 110 cm³/mol. The van der Waals surface area contributed by atoms with Crippen LogP contribution in [0, 0.1) is 6.92 Å². The SMILES string of the molecule is Cc1ccccc1CCC(=O)N[C@@H]1CCCC(c2nccc3c2C=CC3)C1. The average molecular weight is 361 g/mol. The number of rotatable bonds is 5. The van der Waals surface area contributed by atoms with E-state index in [-0.39, 0.29) is 11.9 Å². The maximum absolute atomic E-state index is 12.5. The fourth-order valence-corrected chi connectivity index (χ4v) is 4.54. The predicted octanol–water partition coefficient (Wildman–Crippen LogP) is 4.73. The zero-order valence-corrected chi connectivity index (χ0v) is 16.1. The lowest BCUT2D eigenvalue weighted by atomic mass is 9.81. The van der Waals surface area contributed by atoms with Crippen LogP contribution in [0.3, 0.4) is 0 Å². The molecule has 1 saturated carbocycles. The number of pyridine rings is 1. The standard InChI is InChI=1S/C24H28N2O/c1-17-6-2-3-7-18(17)12-13-23(27)26-21-10-4-9-20(16-21)24-22-11-5-8-19(22)14-15-25-24/h2-3,5-7,11,14-15,20-21H,4,8-10,12-13,16H2,1H3,(H,26,27)/t20?,21-/m1/s1. The molecule has 27 heavy (non-hydrogen) atoms. The van der Waals surface area contributed by atoms with E-state index < -0.39 is 0 Å². The molecule has 2 aromatic rings. The fraction of sp³-hybridized carbons (Fsp3) is 0.417. The van der Waals surface area contributed by atoms with E-state index in [0.29, 0.717) is 12.3 Å². The molecule has 1 amide bonds. The zero-order valence-electron chi connectivity index (χ0n) is 16.1. The minimum absolute atomic E-state index is 0.176. The van der Waals surface area contributed by atoms with Crippen LogP contribution in [0.15, 0.2) is 42.6 Å². The third-order valence-electron chi connectivity index (χ3n) is 6.04. The van der Waals surface area contributed by atoms with E-state index in [4.69, 9.17) is 4.98 Å².